The summed E-state index contributed by atoms with van der Waals surface area (Å²) in [7, 11) is 0. The second-order valence-corrected chi connectivity index (χ2v) is 5.50. The van der Waals surface area contributed by atoms with Gasteiger partial charge in [0.05, 0.1) is 5.69 Å². The summed E-state index contributed by atoms with van der Waals surface area (Å²) in [6.45, 7) is -2.82. The van der Waals surface area contributed by atoms with Crippen LogP contribution >= 0.6 is 0 Å². The highest BCUT2D eigenvalue weighted by Gasteiger charge is 2.04. The Hall–Kier alpha value is -3.01. The summed E-state index contributed by atoms with van der Waals surface area (Å²) < 4.78 is 28.7. The molecule has 0 N–H and O–H groups in total. The van der Waals surface area contributed by atoms with Crippen LogP contribution in [0.2, 0.25) is 0 Å². The summed E-state index contributed by atoms with van der Waals surface area (Å²) in [5.41, 5.74) is 4.05. The molecule has 0 aliphatic rings. The average molecular weight is 337 g/mol. The first-order chi connectivity index (χ1) is 12.2. The summed E-state index contributed by atoms with van der Waals surface area (Å²) in [6.07, 6.45) is 2.52. The zero-order valence-corrected chi connectivity index (χ0v) is 13.5. The van der Waals surface area contributed by atoms with Crippen LogP contribution in [0.5, 0.6) is 5.75 Å². The molecule has 3 rings (SSSR count). The minimum atomic E-state index is -2.82. The molecule has 0 aliphatic carbocycles. The van der Waals surface area contributed by atoms with Crippen LogP contribution in [0.4, 0.5) is 14.5 Å². The van der Waals surface area contributed by atoms with Gasteiger partial charge in [0.2, 0.25) is 0 Å². The van der Waals surface area contributed by atoms with Crippen LogP contribution in [-0.2, 0) is 6.42 Å². The van der Waals surface area contributed by atoms with Crippen molar-refractivity contribution in [3.8, 4) is 5.75 Å². The van der Waals surface area contributed by atoms with Gasteiger partial charge in [0, 0.05) is 6.21 Å². The molecule has 2 nitrogen and oxygen atoms in total. The number of hydrogen-bond acceptors (Lipinski definition) is 2. The summed E-state index contributed by atoms with van der Waals surface area (Å²) in [5.74, 6) is 0.136. The molecule has 0 bridgehead atoms. The number of aliphatic imine (C=N–C) groups is 1. The van der Waals surface area contributed by atoms with Crippen LogP contribution in [0.25, 0.3) is 0 Å². The van der Waals surface area contributed by atoms with Crippen molar-refractivity contribution in [2.24, 2.45) is 4.99 Å². The molecule has 126 valence electrons. The van der Waals surface area contributed by atoms with Gasteiger partial charge in [0.1, 0.15) is 5.75 Å². The third-order valence-electron chi connectivity index (χ3n) is 3.69. The maximum atomic E-state index is 12.2. The molecule has 4 heteroatoms. The first-order valence-corrected chi connectivity index (χ1v) is 7.91. The van der Waals surface area contributed by atoms with Crippen LogP contribution in [0.1, 0.15) is 16.7 Å². The largest absolute Gasteiger partial charge is 0.435 e. The molecule has 0 atom stereocenters. The van der Waals surface area contributed by atoms with Crippen molar-refractivity contribution >= 4 is 11.9 Å². The fraction of sp³-hybridized carbons (Fsp3) is 0.0952. The highest BCUT2D eigenvalue weighted by molar-refractivity contribution is 5.82. The lowest BCUT2D eigenvalue weighted by atomic mass is 10.0. The molecule has 0 unspecified atom stereocenters. The number of alkyl halides is 2. The maximum Gasteiger partial charge on any atom is 0.387 e. The van der Waals surface area contributed by atoms with Crippen LogP contribution in [0.3, 0.4) is 0 Å². The molecule has 3 aromatic carbocycles. The van der Waals surface area contributed by atoms with Gasteiger partial charge in [-0.3, -0.25) is 4.99 Å². The highest BCUT2D eigenvalue weighted by Crippen LogP contribution is 2.22. The van der Waals surface area contributed by atoms with Crippen LogP contribution in [-0.4, -0.2) is 12.8 Å². The van der Waals surface area contributed by atoms with Gasteiger partial charge in [0.15, 0.2) is 0 Å². The third-order valence-corrected chi connectivity index (χ3v) is 3.69. The summed E-state index contributed by atoms with van der Waals surface area (Å²) in [5, 5.41) is 0. The van der Waals surface area contributed by atoms with Gasteiger partial charge in [-0.15, -0.1) is 0 Å². The van der Waals surface area contributed by atoms with Gasteiger partial charge in [-0.1, -0.05) is 48.5 Å². The monoisotopic (exact) mass is 337 g/mol. The van der Waals surface area contributed by atoms with E-state index in [1.54, 1.807) is 18.3 Å². The minimum Gasteiger partial charge on any atom is -0.435 e. The van der Waals surface area contributed by atoms with Crippen LogP contribution in [0, 0.1) is 0 Å². The lowest BCUT2D eigenvalue weighted by molar-refractivity contribution is -0.0498. The number of ether oxygens (including phenoxy) is 1. The molecule has 0 fully saturated rings. The molecule has 0 saturated carbocycles. The zero-order chi connectivity index (χ0) is 17.5. The van der Waals surface area contributed by atoms with Crippen LogP contribution < -0.4 is 4.74 Å². The molecular formula is C21H17F2NO. The predicted octanol–water partition coefficient (Wildman–Crippen LogP) is 5.63. The van der Waals surface area contributed by atoms with Gasteiger partial charge in [-0.05, 0) is 53.4 Å². The fourth-order valence-corrected chi connectivity index (χ4v) is 2.48. The van der Waals surface area contributed by atoms with E-state index in [1.165, 1.54) is 17.7 Å². The second-order valence-electron chi connectivity index (χ2n) is 5.50. The Labute approximate surface area is 145 Å². The van der Waals surface area contributed by atoms with Crippen molar-refractivity contribution < 1.29 is 13.5 Å². The van der Waals surface area contributed by atoms with E-state index < -0.39 is 6.61 Å². The van der Waals surface area contributed by atoms with Crippen molar-refractivity contribution in [2.75, 3.05) is 0 Å². The van der Waals surface area contributed by atoms with E-state index in [0.29, 0.717) is 0 Å². The Morgan fingerprint density at radius 3 is 2.24 bits per heavy atom. The number of para-hydroxylation sites is 1. The molecule has 0 aromatic heterocycles. The van der Waals surface area contributed by atoms with Crippen molar-refractivity contribution in [3.05, 3.63) is 95.6 Å². The lowest BCUT2D eigenvalue weighted by Gasteiger charge is -2.06. The van der Waals surface area contributed by atoms with Gasteiger partial charge in [-0.2, -0.15) is 8.78 Å². The topological polar surface area (TPSA) is 21.6 Å². The fourth-order valence-electron chi connectivity index (χ4n) is 2.48. The Bertz CT molecular complexity index is 830. The summed E-state index contributed by atoms with van der Waals surface area (Å²) >= 11 is 0. The van der Waals surface area contributed by atoms with E-state index in [2.05, 4.69) is 27.9 Å². The minimum absolute atomic E-state index is 0.136. The number of benzene rings is 3. The summed E-state index contributed by atoms with van der Waals surface area (Å²) in [4.78, 5) is 4.55. The van der Waals surface area contributed by atoms with Crippen molar-refractivity contribution in [2.45, 2.75) is 13.0 Å². The number of hydrogen-bond donors (Lipinski definition) is 0. The second kappa shape index (κ2) is 8.20. The Balaban J connectivity index is 1.75. The van der Waals surface area contributed by atoms with Crippen molar-refractivity contribution in [1.29, 1.82) is 0 Å². The van der Waals surface area contributed by atoms with Gasteiger partial charge < -0.3 is 4.74 Å². The van der Waals surface area contributed by atoms with E-state index in [9.17, 15) is 8.78 Å². The van der Waals surface area contributed by atoms with Gasteiger partial charge >= 0.3 is 6.61 Å². The Morgan fingerprint density at radius 1 is 0.840 bits per heavy atom. The van der Waals surface area contributed by atoms with E-state index in [1.807, 2.05) is 36.4 Å². The molecule has 0 amide bonds. The molecule has 0 saturated heterocycles. The molecule has 0 aliphatic heterocycles. The third kappa shape index (κ3) is 4.98. The predicted molar refractivity (Wildman–Crippen MR) is 96.0 cm³/mol. The van der Waals surface area contributed by atoms with Gasteiger partial charge in [0.25, 0.3) is 0 Å². The normalized spacial score (nSPS) is 11.2. The molecule has 0 radical (unpaired) electrons. The Kier molecular flexibility index (Phi) is 5.52. The summed E-state index contributed by atoms with van der Waals surface area (Å²) in [6, 6.07) is 24.6. The first-order valence-electron chi connectivity index (χ1n) is 7.91. The quantitative estimate of drug-likeness (QED) is 0.534. The standard InChI is InChI=1S/C21H17F2NO/c22-21(23)25-19-12-10-17(11-13-19)15-24-20-9-5-4-8-18(20)14-16-6-2-1-3-7-16/h1-13,15,21H,14H2. The molecule has 25 heavy (non-hydrogen) atoms. The number of nitrogens with zero attached hydrogens (tertiary/aromatic N) is 1. The first kappa shape index (κ1) is 16.8. The van der Waals surface area contributed by atoms with Crippen LogP contribution in [0.15, 0.2) is 83.9 Å². The zero-order valence-electron chi connectivity index (χ0n) is 13.5. The van der Waals surface area contributed by atoms with Gasteiger partial charge in [-0.25, -0.2) is 0 Å². The maximum absolute atomic E-state index is 12.2. The molecule has 0 heterocycles. The Morgan fingerprint density at radius 2 is 1.52 bits per heavy atom. The van der Waals surface area contributed by atoms with Crippen molar-refractivity contribution in [3.63, 3.8) is 0 Å². The number of rotatable bonds is 6. The van der Waals surface area contributed by atoms with E-state index in [4.69, 9.17) is 0 Å². The SMILES string of the molecule is FC(F)Oc1ccc(C=Nc2ccccc2Cc2ccccc2)cc1. The molecule has 3 aromatic rings. The smallest absolute Gasteiger partial charge is 0.387 e. The van der Waals surface area contributed by atoms with E-state index >= 15 is 0 Å². The highest BCUT2D eigenvalue weighted by atomic mass is 19.3. The van der Waals surface area contributed by atoms with Crippen molar-refractivity contribution in [1.82, 2.24) is 0 Å². The van der Waals surface area contributed by atoms with E-state index in [-0.39, 0.29) is 5.75 Å². The lowest BCUT2D eigenvalue weighted by Crippen LogP contribution is -2.01. The molecular weight excluding hydrogens is 320 g/mol. The average Bonchev–Trinajstić information content (AvgIpc) is 2.63. The number of halogens is 2. The molecule has 0 spiro atoms. The van der Waals surface area contributed by atoms with E-state index in [0.717, 1.165) is 23.2 Å².